The third-order valence-corrected chi connectivity index (χ3v) is 7.49. The van der Waals surface area contributed by atoms with E-state index in [2.05, 4.69) is 35.0 Å². The number of allylic oxidation sites excluding steroid dienone is 1. The molecule has 1 aromatic heterocycles. The Bertz CT molecular complexity index is 1270. The lowest BCUT2D eigenvalue weighted by atomic mass is 9.72. The molecule has 2 aromatic carbocycles. The zero-order valence-corrected chi connectivity index (χ0v) is 18.4. The van der Waals surface area contributed by atoms with Crippen molar-refractivity contribution in [1.82, 2.24) is 4.57 Å². The van der Waals surface area contributed by atoms with Crippen LogP contribution in [-0.2, 0) is 4.74 Å². The Morgan fingerprint density at radius 2 is 1.88 bits per heavy atom. The van der Waals surface area contributed by atoms with Crippen LogP contribution in [0.5, 0.6) is 0 Å². The molecular weight excluding hydrogens is 396 g/mol. The number of ether oxygens (including phenoxy) is 1. The zero-order valence-electron chi connectivity index (χ0n) is 18.4. The van der Waals surface area contributed by atoms with E-state index in [1.54, 1.807) is 12.1 Å². The summed E-state index contributed by atoms with van der Waals surface area (Å²) in [6.07, 6.45) is 6.66. The van der Waals surface area contributed by atoms with Crippen LogP contribution in [0.3, 0.4) is 0 Å². The standard InChI is InChI=1S/C28H27BFNO/c1-18-3-2-4-21(15-18)27-24-17-25-20(9-12-29-25)16-26(24)31(23-7-5-22(30)6-8-23)28(27)19-10-13-32-14-11-19/h5-8,16-17,19,21,29H,1-4,10-11,13-15H2. The molecule has 0 amide bonds. The first-order chi connectivity index (χ1) is 15.7. The van der Waals surface area contributed by atoms with Crippen molar-refractivity contribution < 1.29 is 9.13 Å². The van der Waals surface area contributed by atoms with Crippen molar-refractivity contribution in [1.29, 1.82) is 0 Å². The molecule has 1 saturated heterocycles. The number of halogens is 1. The van der Waals surface area contributed by atoms with Crippen molar-refractivity contribution in [3.8, 4) is 17.4 Å². The van der Waals surface area contributed by atoms with E-state index >= 15 is 0 Å². The van der Waals surface area contributed by atoms with Gasteiger partial charge in [0.25, 0.3) is 0 Å². The molecule has 2 nitrogen and oxygen atoms in total. The fraction of sp³-hybridized carbons (Fsp3) is 0.357. The fourth-order valence-corrected chi connectivity index (χ4v) is 5.99. The minimum atomic E-state index is -0.201. The maximum atomic E-state index is 13.8. The van der Waals surface area contributed by atoms with Crippen molar-refractivity contribution in [2.75, 3.05) is 13.2 Å². The molecule has 1 aliphatic carbocycles. The Morgan fingerprint density at radius 1 is 1.06 bits per heavy atom. The van der Waals surface area contributed by atoms with Gasteiger partial charge in [-0.3, -0.25) is 0 Å². The highest BCUT2D eigenvalue weighted by atomic mass is 19.1. The molecule has 2 aliphatic heterocycles. The van der Waals surface area contributed by atoms with E-state index in [4.69, 9.17) is 4.74 Å². The SMILES string of the molecule is C=C1CCCC(c2c(C3CCOCC3)n(-c3ccc(F)cc3)c3cc4c(cc23)BC#C4)C1. The van der Waals surface area contributed by atoms with Gasteiger partial charge in [0.1, 0.15) is 5.82 Å². The Labute approximate surface area is 189 Å². The van der Waals surface area contributed by atoms with Gasteiger partial charge in [-0.05, 0) is 80.3 Å². The monoisotopic (exact) mass is 423 g/mol. The molecule has 0 bridgehead atoms. The number of benzene rings is 2. The zero-order chi connectivity index (χ0) is 21.7. The first-order valence-electron chi connectivity index (χ1n) is 11.9. The summed E-state index contributed by atoms with van der Waals surface area (Å²) in [5, 5.41) is 1.35. The molecule has 160 valence electrons. The van der Waals surface area contributed by atoms with Crippen molar-refractivity contribution in [2.24, 2.45) is 0 Å². The van der Waals surface area contributed by atoms with Crippen LogP contribution in [-0.4, -0.2) is 25.1 Å². The average Bonchev–Trinajstić information content (AvgIpc) is 3.40. The van der Waals surface area contributed by atoms with Crippen LogP contribution in [0, 0.1) is 17.6 Å². The number of nitrogens with zero attached hydrogens (tertiary/aromatic N) is 1. The van der Waals surface area contributed by atoms with E-state index in [1.807, 2.05) is 12.1 Å². The molecule has 32 heavy (non-hydrogen) atoms. The van der Waals surface area contributed by atoms with Gasteiger partial charge in [0.15, 0.2) is 0 Å². The molecule has 3 aliphatic rings. The molecular formula is C28H27BFNO. The molecule has 3 aromatic rings. The number of rotatable bonds is 3. The number of aromatic nitrogens is 1. The van der Waals surface area contributed by atoms with Crippen molar-refractivity contribution in [3.63, 3.8) is 0 Å². The highest BCUT2D eigenvalue weighted by Gasteiger charge is 2.32. The quantitative estimate of drug-likeness (QED) is 0.318. The van der Waals surface area contributed by atoms with Crippen LogP contribution in [0.15, 0.2) is 48.6 Å². The van der Waals surface area contributed by atoms with Crippen molar-refractivity contribution in [3.05, 3.63) is 71.2 Å². The van der Waals surface area contributed by atoms with Gasteiger partial charge in [0.2, 0.25) is 7.28 Å². The summed E-state index contributed by atoms with van der Waals surface area (Å²) in [5.41, 5.74) is 8.95. The lowest BCUT2D eigenvalue weighted by Gasteiger charge is -2.30. The van der Waals surface area contributed by atoms with Gasteiger partial charge in [-0.25, -0.2) is 4.39 Å². The van der Waals surface area contributed by atoms with Crippen LogP contribution < -0.4 is 5.46 Å². The van der Waals surface area contributed by atoms with Gasteiger partial charge < -0.3 is 9.30 Å². The Balaban J connectivity index is 1.66. The van der Waals surface area contributed by atoms with Crippen LogP contribution >= 0.6 is 0 Å². The molecule has 2 fully saturated rings. The van der Waals surface area contributed by atoms with Gasteiger partial charge in [-0.1, -0.05) is 29.6 Å². The van der Waals surface area contributed by atoms with E-state index in [-0.39, 0.29) is 5.82 Å². The molecule has 0 N–H and O–H groups in total. The minimum absolute atomic E-state index is 0.201. The summed E-state index contributed by atoms with van der Waals surface area (Å²) in [5.74, 6) is 7.30. The van der Waals surface area contributed by atoms with Gasteiger partial charge in [0, 0.05) is 41.5 Å². The second kappa shape index (κ2) is 7.98. The number of hydrogen-bond donors (Lipinski definition) is 0. The van der Waals surface area contributed by atoms with E-state index in [0.717, 1.165) is 57.4 Å². The maximum absolute atomic E-state index is 13.8. The third-order valence-electron chi connectivity index (χ3n) is 7.49. The van der Waals surface area contributed by atoms with Gasteiger partial charge >= 0.3 is 0 Å². The van der Waals surface area contributed by atoms with E-state index < -0.39 is 0 Å². The topological polar surface area (TPSA) is 14.2 Å². The average molecular weight is 423 g/mol. The van der Waals surface area contributed by atoms with Crippen LogP contribution in [0.25, 0.3) is 16.6 Å². The van der Waals surface area contributed by atoms with Gasteiger partial charge in [-0.2, -0.15) is 0 Å². The third kappa shape index (κ3) is 3.31. The van der Waals surface area contributed by atoms with Gasteiger partial charge in [-0.15, -0.1) is 5.82 Å². The summed E-state index contributed by atoms with van der Waals surface area (Å²) in [6, 6.07) is 11.6. The molecule has 0 radical (unpaired) electrons. The molecule has 1 atom stereocenters. The summed E-state index contributed by atoms with van der Waals surface area (Å²) in [6.45, 7) is 5.96. The van der Waals surface area contributed by atoms with Crippen LogP contribution in [0.1, 0.15) is 67.2 Å². The summed E-state index contributed by atoms with van der Waals surface area (Å²) in [7, 11) is 0.830. The highest BCUT2D eigenvalue weighted by Crippen LogP contribution is 2.46. The largest absolute Gasteiger partial charge is 0.381 e. The maximum Gasteiger partial charge on any atom is 0.248 e. The molecule has 6 rings (SSSR count). The number of fused-ring (bicyclic) bond motifs is 2. The molecule has 1 unspecified atom stereocenters. The molecule has 3 heterocycles. The molecule has 0 spiro atoms. The fourth-order valence-electron chi connectivity index (χ4n) is 5.99. The molecule has 1 saturated carbocycles. The lowest BCUT2D eigenvalue weighted by molar-refractivity contribution is 0.0839. The summed E-state index contributed by atoms with van der Waals surface area (Å²) in [4.78, 5) is 0. The van der Waals surface area contributed by atoms with E-state index in [1.165, 1.54) is 46.0 Å². The Hall–Kier alpha value is -2.77. The predicted octanol–water partition coefficient (Wildman–Crippen LogP) is 5.26. The Kier molecular flexibility index (Phi) is 4.96. The second-order valence-corrected chi connectivity index (χ2v) is 9.55. The van der Waals surface area contributed by atoms with E-state index in [9.17, 15) is 4.39 Å². The summed E-state index contributed by atoms with van der Waals surface area (Å²) >= 11 is 0. The first-order valence-corrected chi connectivity index (χ1v) is 11.9. The van der Waals surface area contributed by atoms with Crippen LogP contribution in [0.4, 0.5) is 4.39 Å². The molecule has 4 heteroatoms. The van der Waals surface area contributed by atoms with Crippen molar-refractivity contribution in [2.45, 2.75) is 50.4 Å². The minimum Gasteiger partial charge on any atom is -0.381 e. The van der Waals surface area contributed by atoms with Crippen molar-refractivity contribution >= 4 is 23.6 Å². The normalized spacial score (nSPS) is 20.7. The van der Waals surface area contributed by atoms with Crippen LogP contribution in [0.2, 0.25) is 0 Å². The lowest BCUT2D eigenvalue weighted by Crippen LogP contribution is -2.19. The van der Waals surface area contributed by atoms with E-state index in [0.29, 0.717) is 11.8 Å². The number of hydrogen-bond acceptors (Lipinski definition) is 1. The Morgan fingerprint density at radius 3 is 2.66 bits per heavy atom. The highest BCUT2D eigenvalue weighted by molar-refractivity contribution is 6.64. The predicted molar refractivity (Wildman–Crippen MR) is 130 cm³/mol. The first kappa shape index (κ1) is 19.9. The summed E-state index contributed by atoms with van der Waals surface area (Å²) < 4.78 is 22.0. The second-order valence-electron chi connectivity index (χ2n) is 9.55. The van der Waals surface area contributed by atoms with Gasteiger partial charge in [0.05, 0.1) is 5.52 Å². The smallest absolute Gasteiger partial charge is 0.248 e.